The van der Waals surface area contributed by atoms with Crippen LogP contribution in [-0.4, -0.2) is 25.8 Å². The van der Waals surface area contributed by atoms with E-state index in [4.69, 9.17) is 9.47 Å². The van der Waals surface area contributed by atoms with Crippen LogP contribution in [0.5, 0.6) is 11.5 Å². The van der Waals surface area contributed by atoms with Gasteiger partial charge >= 0.3 is 0 Å². The van der Waals surface area contributed by atoms with E-state index in [-0.39, 0.29) is 17.0 Å². The first-order valence-corrected chi connectivity index (χ1v) is 12.0. The van der Waals surface area contributed by atoms with Gasteiger partial charge in [-0.05, 0) is 47.7 Å². The molecule has 1 aliphatic carbocycles. The Kier molecular flexibility index (Phi) is 6.04. The fourth-order valence-corrected chi connectivity index (χ4v) is 5.12. The van der Waals surface area contributed by atoms with E-state index < -0.39 is 6.04 Å². The Balaban J connectivity index is 1.62. The van der Waals surface area contributed by atoms with Crippen LogP contribution < -0.4 is 20.1 Å². The molecule has 2 aliphatic rings. The minimum atomic E-state index is -0.417. The Bertz CT molecular complexity index is 1370. The van der Waals surface area contributed by atoms with E-state index in [2.05, 4.69) is 24.5 Å². The molecule has 36 heavy (non-hydrogen) atoms. The Hall–Kier alpha value is -4.06. The number of ether oxygens (including phenoxy) is 2. The van der Waals surface area contributed by atoms with E-state index in [1.807, 2.05) is 66.7 Å². The average Bonchev–Trinajstić information content (AvgIpc) is 3.03. The molecule has 0 fully saturated rings. The van der Waals surface area contributed by atoms with Crippen molar-refractivity contribution in [2.75, 3.05) is 24.9 Å². The van der Waals surface area contributed by atoms with E-state index in [0.717, 1.165) is 29.1 Å². The second-order valence-corrected chi connectivity index (χ2v) is 10.1. The summed E-state index contributed by atoms with van der Waals surface area (Å²) in [4.78, 5) is 26.7. The quantitative estimate of drug-likeness (QED) is 0.425. The van der Waals surface area contributed by atoms with Crippen LogP contribution in [0.3, 0.4) is 0 Å². The minimum absolute atomic E-state index is 0.0537. The van der Waals surface area contributed by atoms with Gasteiger partial charge in [-0.3, -0.25) is 9.59 Å². The van der Waals surface area contributed by atoms with Crippen LogP contribution in [0.4, 0.5) is 11.4 Å². The number of fused-ring (bicyclic) bond motifs is 1. The molecule has 0 amide bonds. The Morgan fingerprint density at radius 1 is 0.861 bits per heavy atom. The summed E-state index contributed by atoms with van der Waals surface area (Å²) >= 11 is 0. The first-order valence-electron chi connectivity index (χ1n) is 12.0. The highest BCUT2D eigenvalue weighted by atomic mass is 16.5. The lowest BCUT2D eigenvalue weighted by Gasteiger charge is -2.34. The average molecular weight is 483 g/mol. The van der Waals surface area contributed by atoms with Crippen LogP contribution in [0.1, 0.15) is 54.2 Å². The Labute approximate surface area is 211 Å². The lowest BCUT2D eigenvalue weighted by Crippen LogP contribution is -2.31. The largest absolute Gasteiger partial charge is 0.493 e. The first-order chi connectivity index (χ1) is 17.3. The number of carbonyl (C=O) groups is 2. The number of anilines is 2. The highest BCUT2D eigenvalue weighted by Crippen LogP contribution is 2.46. The zero-order valence-corrected chi connectivity index (χ0v) is 21.0. The topological polar surface area (TPSA) is 76.7 Å². The molecule has 1 atom stereocenters. The molecular weight excluding hydrogens is 452 g/mol. The van der Waals surface area contributed by atoms with Crippen molar-refractivity contribution in [2.45, 2.75) is 32.7 Å². The number of nitrogens with one attached hydrogen (secondary N) is 2. The number of hydrogen-bond acceptors (Lipinski definition) is 6. The molecular formula is C30H30N2O4. The summed E-state index contributed by atoms with van der Waals surface area (Å²) in [6.07, 6.45) is 1.21. The van der Waals surface area contributed by atoms with Crippen LogP contribution in [-0.2, 0) is 4.79 Å². The predicted octanol–water partition coefficient (Wildman–Crippen LogP) is 6.16. The second kappa shape index (κ2) is 9.19. The summed E-state index contributed by atoms with van der Waals surface area (Å²) in [7, 11) is 3.19. The van der Waals surface area contributed by atoms with Crippen molar-refractivity contribution in [1.82, 2.24) is 0 Å². The lowest BCUT2D eigenvalue weighted by atomic mass is 9.73. The predicted molar refractivity (Wildman–Crippen MR) is 141 cm³/mol. The summed E-state index contributed by atoms with van der Waals surface area (Å²) in [6, 6.07) is 20.1. The van der Waals surface area contributed by atoms with Crippen molar-refractivity contribution in [3.63, 3.8) is 0 Å². The number of hydrogen-bond donors (Lipinski definition) is 2. The van der Waals surface area contributed by atoms with Crippen molar-refractivity contribution in [1.29, 1.82) is 0 Å². The van der Waals surface area contributed by atoms with Gasteiger partial charge in [-0.1, -0.05) is 50.2 Å². The number of allylic oxidation sites excluding steroid dienone is 1. The van der Waals surface area contributed by atoms with Gasteiger partial charge in [0.15, 0.2) is 23.1 Å². The van der Waals surface area contributed by atoms with Crippen LogP contribution in [0, 0.1) is 5.41 Å². The maximum Gasteiger partial charge on any atom is 0.193 e. The zero-order chi connectivity index (χ0) is 25.4. The minimum Gasteiger partial charge on any atom is -0.493 e. The van der Waals surface area contributed by atoms with Crippen LogP contribution in [0.2, 0.25) is 0 Å². The van der Waals surface area contributed by atoms with Gasteiger partial charge in [0.1, 0.15) is 0 Å². The third-order valence-electron chi connectivity index (χ3n) is 6.85. The Morgan fingerprint density at radius 2 is 1.61 bits per heavy atom. The molecule has 6 heteroatoms. The molecule has 0 bridgehead atoms. The van der Waals surface area contributed by atoms with E-state index in [9.17, 15) is 9.59 Å². The molecule has 0 spiro atoms. The molecule has 184 valence electrons. The van der Waals surface area contributed by atoms with Crippen molar-refractivity contribution >= 4 is 22.9 Å². The van der Waals surface area contributed by atoms with E-state index in [1.165, 1.54) is 0 Å². The summed E-state index contributed by atoms with van der Waals surface area (Å²) in [5.74, 6) is 1.26. The van der Waals surface area contributed by atoms with Gasteiger partial charge in [0.05, 0.1) is 31.6 Å². The van der Waals surface area contributed by atoms with E-state index in [1.54, 1.807) is 14.2 Å². The molecule has 1 heterocycles. The van der Waals surface area contributed by atoms with Gasteiger partial charge < -0.3 is 20.1 Å². The standard InChI is InChI=1S/C30H30N2O4/c1-30(2)16-23-27(24(33)17-30)28(19-11-13-25(35-3)26(15-19)36-4)32-22-14-20(10-12-21(22)31-23)29(34)18-8-6-5-7-9-18/h5-15,28,31-32H,16-17H2,1-4H3/t28-/m1/s1. The number of carbonyl (C=O) groups excluding carboxylic acids is 2. The SMILES string of the molecule is COc1ccc([C@H]2Nc3cc(C(=O)c4ccccc4)ccc3NC3=C2C(=O)CC(C)(C)C3)cc1OC. The number of methoxy groups -OCH3 is 2. The maximum atomic E-state index is 13.5. The molecule has 0 unspecified atom stereocenters. The first kappa shape index (κ1) is 23.7. The summed E-state index contributed by atoms with van der Waals surface area (Å²) in [5, 5.41) is 7.11. The summed E-state index contributed by atoms with van der Waals surface area (Å²) in [5.41, 5.74) is 5.15. The molecule has 0 saturated heterocycles. The molecule has 0 radical (unpaired) electrons. The van der Waals surface area contributed by atoms with Gasteiger partial charge in [-0.15, -0.1) is 0 Å². The number of benzene rings is 3. The van der Waals surface area contributed by atoms with Gasteiger partial charge in [0, 0.05) is 28.8 Å². The fraction of sp³-hybridized carbons (Fsp3) is 0.267. The Morgan fingerprint density at radius 3 is 2.33 bits per heavy atom. The number of ketones is 2. The third kappa shape index (κ3) is 4.35. The second-order valence-electron chi connectivity index (χ2n) is 10.1. The van der Waals surface area contributed by atoms with Crippen molar-refractivity contribution in [3.05, 3.63) is 94.7 Å². The van der Waals surface area contributed by atoms with Gasteiger partial charge in [-0.2, -0.15) is 0 Å². The maximum absolute atomic E-state index is 13.5. The van der Waals surface area contributed by atoms with Gasteiger partial charge in [0.2, 0.25) is 0 Å². The normalized spacial score (nSPS) is 18.2. The molecule has 3 aromatic rings. The summed E-state index contributed by atoms with van der Waals surface area (Å²) in [6.45, 7) is 4.23. The molecule has 2 N–H and O–H groups in total. The monoisotopic (exact) mass is 482 g/mol. The molecule has 0 saturated carbocycles. The molecule has 6 nitrogen and oxygen atoms in total. The zero-order valence-electron chi connectivity index (χ0n) is 21.0. The third-order valence-corrected chi connectivity index (χ3v) is 6.85. The fourth-order valence-electron chi connectivity index (χ4n) is 5.12. The molecule has 3 aromatic carbocycles. The van der Waals surface area contributed by atoms with Crippen LogP contribution in [0.25, 0.3) is 0 Å². The lowest BCUT2D eigenvalue weighted by molar-refractivity contribution is -0.118. The molecule has 0 aromatic heterocycles. The highest BCUT2D eigenvalue weighted by molar-refractivity contribution is 6.10. The van der Waals surface area contributed by atoms with E-state index >= 15 is 0 Å². The summed E-state index contributed by atoms with van der Waals surface area (Å²) < 4.78 is 11.0. The van der Waals surface area contributed by atoms with Crippen LogP contribution >= 0.6 is 0 Å². The van der Waals surface area contributed by atoms with Crippen molar-refractivity contribution in [3.8, 4) is 11.5 Å². The number of Topliss-reactive ketones (excluding diaryl/α,β-unsaturated/α-hetero) is 1. The van der Waals surface area contributed by atoms with Crippen molar-refractivity contribution in [2.24, 2.45) is 5.41 Å². The van der Waals surface area contributed by atoms with Crippen LogP contribution in [0.15, 0.2) is 78.0 Å². The van der Waals surface area contributed by atoms with E-state index in [0.29, 0.717) is 34.6 Å². The number of rotatable bonds is 5. The van der Waals surface area contributed by atoms with Gasteiger partial charge in [-0.25, -0.2) is 0 Å². The smallest absolute Gasteiger partial charge is 0.193 e. The highest BCUT2D eigenvalue weighted by Gasteiger charge is 2.39. The molecule has 5 rings (SSSR count). The van der Waals surface area contributed by atoms with Crippen molar-refractivity contribution < 1.29 is 19.1 Å². The van der Waals surface area contributed by atoms with Gasteiger partial charge in [0.25, 0.3) is 0 Å². The molecule has 1 aliphatic heterocycles.